The smallest absolute Gasteiger partial charge is 0.349 e. The van der Waals surface area contributed by atoms with Crippen LogP contribution in [-0.2, 0) is 15.7 Å². The van der Waals surface area contributed by atoms with Crippen molar-refractivity contribution in [2.24, 2.45) is 0 Å². The quantitative estimate of drug-likeness (QED) is 0.698. The summed E-state index contributed by atoms with van der Waals surface area (Å²) < 4.78 is 79.1. The maximum absolute atomic E-state index is 12.8. The minimum absolute atomic E-state index is 0.00245. The summed E-state index contributed by atoms with van der Waals surface area (Å²) in [5.74, 6) is -1.21. The number of nitrogens with one attached hydrogen (secondary N) is 2. The highest BCUT2D eigenvalue weighted by atomic mass is 19.4. The van der Waals surface area contributed by atoms with Crippen LogP contribution in [0.1, 0.15) is 35.9 Å². The molecule has 0 aromatic carbocycles. The number of rotatable bonds is 4. The molecule has 1 saturated heterocycles. The fourth-order valence-corrected chi connectivity index (χ4v) is 3.30. The van der Waals surface area contributed by atoms with Crippen LogP contribution in [-0.4, -0.2) is 58.3 Å². The highest BCUT2D eigenvalue weighted by Gasteiger charge is 2.36. The first kappa shape index (κ1) is 22.8. The number of likely N-dealkylation sites (tertiary alicyclic amines) is 1. The third kappa shape index (κ3) is 5.66. The van der Waals surface area contributed by atoms with E-state index in [-0.39, 0.29) is 42.5 Å². The number of fused-ring (bicyclic) bond motifs is 1. The van der Waals surface area contributed by atoms with Crippen LogP contribution in [0.15, 0.2) is 18.3 Å². The maximum Gasteiger partial charge on any atom is 0.522 e. The van der Waals surface area contributed by atoms with Crippen LogP contribution in [0, 0.1) is 0 Å². The van der Waals surface area contributed by atoms with E-state index in [1.54, 1.807) is 0 Å². The van der Waals surface area contributed by atoms with Crippen LogP contribution < -0.4 is 5.32 Å². The molecule has 1 aliphatic rings. The molecule has 7 nitrogen and oxygen atoms in total. The number of nitrogens with zero attached hydrogens (tertiary/aromatic N) is 2. The Hall–Kier alpha value is -2.83. The average Bonchev–Trinajstić information content (AvgIpc) is 3.09. The molecule has 31 heavy (non-hydrogen) atoms. The van der Waals surface area contributed by atoms with Gasteiger partial charge in [-0.3, -0.25) is 14.3 Å². The third-order valence-corrected chi connectivity index (χ3v) is 4.81. The maximum atomic E-state index is 12.8. The number of hydrogen-bond donors (Lipinski definition) is 2. The Kier molecular flexibility index (Phi) is 6.16. The van der Waals surface area contributed by atoms with E-state index in [0.29, 0.717) is 0 Å². The van der Waals surface area contributed by atoms with Crippen LogP contribution in [0.25, 0.3) is 10.9 Å². The van der Waals surface area contributed by atoms with Crippen molar-refractivity contribution < 1.29 is 40.7 Å². The zero-order valence-electron chi connectivity index (χ0n) is 16.1. The van der Waals surface area contributed by atoms with Gasteiger partial charge in [0.1, 0.15) is 17.4 Å². The van der Waals surface area contributed by atoms with Gasteiger partial charge in [-0.25, -0.2) is 4.98 Å². The summed E-state index contributed by atoms with van der Waals surface area (Å²) in [6.07, 6.45) is -9.45. The number of piperidine rings is 1. The van der Waals surface area contributed by atoms with Crippen molar-refractivity contribution in [1.29, 1.82) is 0 Å². The zero-order valence-corrected chi connectivity index (χ0v) is 16.1. The molecule has 3 heterocycles. The first-order chi connectivity index (χ1) is 14.3. The number of pyridine rings is 1. The number of amides is 2. The number of aromatic amines is 1. The van der Waals surface area contributed by atoms with Crippen molar-refractivity contribution >= 4 is 22.7 Å². The van der Waals surface area contributed by atoms with Crippen LogP contribution >= 0.6 is 0 Å². The summed E-state index contributed by atoms with van der Waals surface area (Å²) in [5, 5.41) is 2.56. The number of H-pyrrole nitrogens is 1. The van der Waals surface area contributed by atoms with Crippen molar-refractivity contribution in [3.05, 3.63) is 29.7 Å². The van der Waals surface area contributed by atoms with E-state index in [1.807, 2.05) is 0 Å². The number of halogens is 6. The minimum Gasteiger partial charge on any atom is -0.349 e. The van der Waals surface area contributed by atoms with Gasteiger partial charge in [-0.2, -0.15) is 13.2 Å². The second-order valence-corrected chi connectivity index (χ2v) is 7.12. The van der Waals surface area contributed by atoms with E-state index < -0.39 is 42.2 Å². The van der Waals surface area contributed by atoms with Gasteiger partial charge in [0.2, 0.25) is 5.91 Å². The number of carbonyl (C=O) groups is 2. The van der Waals surface area contributed by atoms with Gasteiger partial charge in [0, 0.05) is 18.5 Å². The van der Waals surface area contributed by atoms with Crippen LogP contribution in [0.3, 0.4) is 0 Å². The second kappa shape index (κ2) is 8.36. The average molecular weight is 452 g/mol. The van der Waals surface area contributed by atoms with Crippen molar-refractivity contribution in [2.45, 2.75) is 44.4 Å². The number of ether oxygens (including phenoxy) is 1. The van der Waals surface area contributed by atoms with Crippen molar-refractivity contribution in [1.82, 2.24) is 20.2 Å². The lowest BCUT2D eigenvalue weighted by molar-refractivity contribution is -0.345. The number of carbonyl (C=O) groups excluding carboxylic acids is 2. The van der Waals surface area contributed by atoms with Gasteiger partial charge in [-0.15, -0.1) is 13.2 Å². The molecule has 13 heteroatoms. The largest absolute Gasteiger partial charge is 0.522 e. The van der Waals surface area contributed by atoms with E-state index >= 15 is 0 Å². The Morgan fingerprint density at radius 1 is 1.19 bits per heavy atom. The fourth-order valence-electron chi connectivity index (χ4n) is 3.30. The highest BCUT2D eigenvalue weighted by Crippen LogP contribution is 2.29. The van der Waals surface area contributed by atoms with Gasteiger partial charge in [0.15, 0.2) is 0 Å². The monoisotopic (exact) mass is 452 g/mol. The molecule has 170 valence electrons. The summed E-state index contributed by atoms with van der Waals surface area (Å²) >= 11 is 0. The summed E-state index contributed by atoms with van der Waals surface area (Å²) in [5.41, 5.74) is -0.954. The molecule has 0 aliphatic carbocycles. The van der Waals surface area contributed by atoms with E-state index in [2.05, 4.69) is 20.0 Å². The molecule has 2 aromatic heterocycles. The lowest BCUT2D eigenvalue weighted by atomic mass is 10.1. The molecule has 0 radical (unpaired) electrons. The second-order valence-electron chi connectivity index (χ2n) is 7.12. The van der Waals surface area contributed by atoms with Gasteiger partial charge < -0.3 is 15.2 Å². The van der Waals surface area contributed by atoms with E-state index in [4.69, 9.17) is 0 Å². The SMILES string of the molecule is C[C@@H](NC(=O)c1cc2cc(C(F)(F)F)ncc2[nH]1)C(=O)N1CCC(OC(F)(F)F)CC1. The lowest BCUT2D eigenvalue weighted by Crippen LogP contribution is -2.50. The standard InChI is InChI=1S/C18H18F6N4O3/c1-9(16(30)28-4-2-11(3-5-28)31-18(22,23)24)26-15(29)12-6-10-7-14(17(19,20)21)25-8-13(10)27-12/h6-9,11,27H,2-5H2,1H3,(H,26,29)/t9-/m1/s1. The summed E-state index contributed by atoms with van der Waals surface area (Å²) in [6, 6.07) is 1.01. The normalized spacial score (nSPS) is 17.1. The van der Waals surface area contributed by atoms with Gasteiger partial charge in [-0.1, -0.05) is 0 Å². The van der Waals surface area contributed by atoms with Crippen molar-refractivity contribution in [3.8, 4) is 0 Å². The van der Waals surface area contributed by atoms with Crippen LogP contribution in [0.5, 0.6) is 0 Å². The molecule has 3 rings (SSSR count). The lowest BCUT2D eigenvalue weighted by Gasteiger charge is -2.33. The number of alkyl halides is 6. The minimum atomic E-state index is -4.74. The van der Waals surface area contributed by atoms with E-state index in [0.717, 1.165) is 12.3 Å². The third-order valence-electron chi connectivity index (χ3n) is 4.81. The summed E-state index contributed by atoms with van der Waals surface area (Å²) in [7, 11) is 0. The Morgan fingerprint density at radius 3 is 2.42 bits per heavy atom. The molecule has 1 atom stereocenters. The van der Waals surface area contributed by atoms with Gasteiger partial charge >= 0.3 is 12.5 Å². The predicted octanol–water partition coefficient (Wildman–Crippen LogP) is 3.23. The predicted molar refractivity (Wildman–Crippen MR) is 94.8 cm³/mol. The topological polar surface area (TPSA) is 87.3 Å². The number of hydrogen-bond acceptors (Lipinski definition) is 4. The number of aromatic nitrogens is 2. The fraction of sp³-hybridized carbons (Fsp3) is 0.500. The highest BCUT2D eigenvalue weighted by molar-refractivity contribution is 6.00. The molecule has 2 aromatic rings. The summed E-state index contributed by atoms with van der Waals surface area (Å²) in [6.45, 7) is 1.49. The molecule has 0 unspecified atom stereocenters. The van der Waals surface area contributed by atoms with Gasteiger partial charge in [0.25, 0.3) is 5.91 Å². The van der Waals surface area contributed by atoms with E-state index in [9.17, 15) is 35.9 Å². The summed E-state index contributed by atoms with van der Waals surface area (Å²) in [4.78, 5) is 32.1. The molecular weight excluding hydrogens is 434 g/mol. The molecule has 1 fully saturated rings. The van der Waals surface area contributed by atoms with Gasteiger partial charge in [0.05, 0.1) is 17.8 Å². The van der Waals surface area contributed by atoms with Crippen LogP contribution in [0.4, 0.5) is 26.3 Å². The van der Waals surface area contributed by atoms with Crippen LogP contribution in [0.2, 0.25) is 0 Å². The molecule has 2 N–H and O–H groups in total. The first-order valence-corrected chi connectivity index (χ1v) is 9.23. The molecule has 0 saturated carbocycles. The molecular formula is C18H18F6N4O3. The molecule has 1 aliphatic heterocycles. The Labute approximate surface area is 171 Å². The Morgan fingerprint density at radius 2 is 1.84 bits per heavy atom. The van der Waals surface area contributed by atoms with Gasteiger partial charge in [-0.05, 0) is 31.9 Å². The van der Waals surface area contributed by atoms with E-state index in [1.165, 1.54) is 17.9 Å². The Bertz CT molecular complexity index is 963. The van der Waals surface area contributed by atoms with Crippen molar-refractivity contribution in [3.63, 3.8) is 0 Å². The van der Waals surface area contributed by atoms with Crippen molar-refractivity contribution in [2.75, 3.05) is 13.1 Å². The Balaban J connectivity index is 1.59. The molecule has 0 spiro atoms. The first-order valence-electron chi connectivity index (χ1n) is 9.23. The molecule has 2 amide bonds. The molecule has 0 bridgehead atoms. The zero-order chi connectivity index (χ0) is 23.0.